The lowest BCUT2D eigenvalue weighted by Crippen LogP contribution is -2.48. The Morgan fingerprint density at radius 3 is 2.40 bits per heavy atom. The van der Waals surface area contributed by atoms with Crippen LogP contribution in [0.2, 0.25) is 0 Å². The van der Waals surface area contributed by atoms with Gasteiger partial charge in [-0.3, -0.25) is 14.6 Å². The van der Waals surface area contributed by atoms with Gasteiger partial charge in [-0.15, -0.1) is 0 Å². The molecule has 5 aromatic rings. The molecule has 0 radical (unpaired) electrons. The Kier molecular flexibility index (Phi) is 8.16. The number of anilines is 2. The zero-order valence-corrected chi connectivity index (χ0v) is 23.6. The lowest BCUT2D eigenvalue weighted by molar-refractivity contribution is 0.240. The van der Waals surface area contributed by atoms with Gasteiger partial charge < -0.3 is 10.6 Å². The maximum absolute atomic E-state index is 13.7. The molecule has 0 unspecified atom stereocenters. The zero-order chi connectivity index (χ0) is 28.7. The minimum absolute atomic E-state index is 0.0747. The van der Waals surface area contributed by atoms with E-state index in [0.29, 0.717) is 12.5 Å². The van der Waals surface area contributed by atoms with Crippen LogP contribution in [0.3, 0.4) is 0 Å². The molecule has 0 saturated heterocycles. The standard InChI is InChI=1S/C33H34N8O/c1-40-23-27(22-37-40)25-9-13-29(14-10-25)41(33(42)36-20-24-6-3-2-4-7-24)30-15-11-28(12-16-30)38-32-35-19-17-31(39-32)26-8-5-18-34-21-26/h2-10,13-14,17-19,21-23,28,30H,11-12,15-16,20H2,1H3,(H,36,42)(H,35,38,39)/t28-,30-. The molecule has 0 atom stereocenters. The quantitative estimate of drug-likeness (QED) is 0.239. The normalized spacial score (nSPS) is 16.5. The molecular formula is C33H34N8O. The number of urea groups is 1. The lowest BCUT2D eigenvalue weighted by atomic mass is 9.90. The van der Waals surface area contributed by atoms with E-state index in [1.807, 2.05) is 85.0 Å². The highest BCUT2D eigenvalue weighted by molar-refractivity contribution is 5.93. The van der Waals surface area contributed by atoms with Crippen molar-refractivity contribution in [2.24, 2.45) is 7.05 Å². The van der Waals surface area contributed by atoms with Gasteiger partial charge in [-0.2, -0.15) is 5.10 Å². The molecule has 1 aliphatic rings. The van der Waals surface area contributed by atoms with E-state index in [-0.39, 0.29) is 18.1 Å². The molecule has 1 aliphatic carbocycles. The van der Waals surface area contributed by atoms with Crippen LogP contribution in [-0.2, 0) is 13.6 Å². The number of hydrogen-bond donors (Lipinski definition) is 2. The molecule has 1 saturated carbocycles. The number of nitrogens with one attached hydrogen (secondary N) is 2. The van der Waals surface area contributed by atoms with Crippen molar-refractivity contribution in [2.75, 3.05) is 10.2 Å². The highest BCUT2D eigenvalue weighted by Gasteiger charge is 2.30. The van der Waals surface area contributed by atoms with E-state index in [4.69, 9.17) is 4.98 Å². The molecule has 212 valence electrons. The minimum Gasteiger partial charge on any atom is -0.351 e. The second-order valence-electron chi connectivity index (χ2n) is 10.6. The van der Waals surface area contributed by atoms with Crippen molar-refractivity contribution in [3.8, 4) is 22.4 Å². The van der Waals surface area contributed by atoms with Crippen LogP contribution in [-0.4, -0.2) is 42.8 Å². The van der Waals surface area contributed by atoms with Crippen LogP contribution < -0.4 is 15.5 Å². The zero-order valence-electron chi connectivity index (χ0n) is 23.6. The molecular weight excluding hydrogens is 524 g/mol. The largest absolute Gasteiger partial charge is 0.351 e. The lowest BCUT2D eigenvalue weighted by Gasteiger charge is -2.37. The predicted molar refractivity (Wildman–Crippen MR) is 165 cm³/mol. The minimum atomic E-state index is -0.0862. The third-order valence-corrected chi connectivity index (χ3v) is 7.70. The van der Waals surface area contributed by atoms with Gasteiger partial charge in [0, 0.05) is 67.3 Å². The van der Waals surface area contributed by atoms with Gasteiger partial charge >= 0.3 is 6.03 Å². The first-order chi connectivity index (χ1) is 20.6. The van der Waals surface area contributed by atoms with E-state index >= 15 is 0 Å². The van der Waals surface area contributed by atoms with Crippen LogP contribution in [0, 0.1) is 0 Å². The highest BCUT2D eigenvalue weighted by atomic mass is 16.2. The Labute approximate surface area is 245 Å². The third-order valence-electron chi connectivity index (χ3n) is 7.70. The van der Waals surface area contributed by atoms with Gasteiger partial charge in [0.25, 0.3) is 0 Å². The summed E-state index contributed by atoms with van der Waals surface area (Å²) in [6.07, 6.45) is 12.7. The van der Waals surface area contributed by atoms with Gasteiger partial charge in [0.2, 0.25) is 5.95 Å². The first kappa shape index (κ1) is 27.1. The maximum atomic E-state index is 13.7. The molecule has 0 aliphatic heterocycles. The molecule has 0 bridgehead atoms. The van der Waals surface area contributed by atoms with Gasteiger partial charge in [-0.05, 0) is 67.1 Å². The molecule has 9 heteroatoms. The number of aromatic nitrogens is 5. The Morgan fingerprint density at radius 1 is 0.881 bits per heavy atom. The summed E-state index contributed by atoms with van der Waals surface area (Å²) in [4.78, 5) is 29.0. The van der Waals surface area contributed by atoms with Crippen molar-refractivity contribution in [3.63, 3.8) is 0 Å². The van der Waals surface area contributed by atoms with E-state index < -0.39 is 0 Å². The van der Waals surface area contributed by atoms with Crippen LogP contribution in [0.25, 0.3) is 22.4 Å². The Balaban J connectivity index is 1.15. The van der Waals surface area contributed by atoms with E-state index in [1.165, 1.54) is 0 Å². The van der Waals surface area contributed by atoms with Crippen LogP contribution in [0.5, 0.6) is 0 Å². The van der Waals surface area contributed by atoms with Gasteiger partial charge in [-0.25, -0.2) is 14.8 Å². The molecule has 2 amide bonds. The predicted octanol–water partition coefficient (Wildman–Crippen LogP) is 6.08. The summed E-state index contributed by atoms with van der Waals surface area (Å²) in [7, 11) is 1.91. The number of carbonyl (C=O) groups is 1. The number of aryl methyl sites for hydroxylation is 1. The van der Waals surface area contributed by atoms with Gasteiger partial charge in [0.15, 0.2) is 0 Å². The highest BCUT2D eigenvalue weighted by Crippen LogP contribution is 2.31. The first-order valence-electron chi connectivity index (χ1n) is 14.3. The average Bonchev–Trinajstić information content (AvgIpc) is 3.48. The molecule has 3 heterocycles. The summed E-state index contributed by atoms with van der Waals surface area (Å²) in [5.74, 6) is 0.614. The van der Waals surface area contributed by atoms with Crippen LogP contribution >= 0.6 is 0 Å². The van der Waals surface area contributed by atoms with Crippen LogP contribution in [0.4, 0.5) is 16.4 Å². The molecule has 0 spiro atoms. The summed E-state index contributed by atoms with van der Waals surface area (Å²) in [5, 5.41) is 11.0. The fraction of sp³-hybridized carbons (Fsp3) is 0.242. The monoisotopic (exact) mass is 558 g/mol. The molecule has 42 heavy (non-hydrogen) atoms. The second kappa shape index (κ2) is 12.6. The van der Waals surface area contributed by atoms with E-state index in [2.05, 4.69) is 37.8 Å². The van der Waals surface area contributed by atoms with Gasteiger partial charge in [-0.1, -0.05) is 42.5 Å². The smallest absolute Gasteiger partial charge is 0.322 e. The number of rotatable bonds is 8. The van der Waals surface area contributed by atoms with Gasteiger partial charge in [0.05, 0.1) is 11.9 Å². The SMILES string of the molecule is Cn1cc(-c2ccc(N(C(=O)NCc3ccccc3)[C@H]3CC[C@H](Nc4nccc(-c5cccnc5)n4)CC3)cc2)cn1. The number of nitrogens with zero attached hydrogens (tertiary/aromatic N) is 6. The number of benzene rings is 2. The van der Waals surface area contributed by atoms with Crippen molar-refractivity contribution < 1.29 is 4.79 Å². The Hall–Kier alpha value is -5.05. The fourth-order valence-electron chi connectivity index (χ4n) is 5.50. The summed E-state index contributed by atoms with van der Waals surface area (Å²) in [6.45, 7) is 0.478. The number of amides is 2. The fourth-order valence-corrected chi connectivity index (χ4v) is 5.50. The van der Waals surface area contributed by atoms with Crippen LogP contribution in [0.15, 0.2) is 104 Å². The topological polar surface area (TPSA) is 101 Å². The summed E-state index contributed by atoms with van der Waals surface area (Å²) < 4.78 is 1.79. The summed E-state index contributed by atoms with van der Waals surface area (Å²) in [5.41, 5.74) is 5.86. The molecule has 9 nitrogen and oxygen atoms in total. The van der Waals surface area contributed by atoms with E-state index in [1.54, 1.807) is 23.3 Å². The number of pyridine rings is 1. The molecule has 6 rings (SSSR count). The van der Waals surface area contributed by atoms with Crippen molar-refractivity contribution in [1.29, 1.82) is 0 Å². The molecule has 1 fully saturated rings. The van der Waals surface area contributed by atoms with Crippen molar-refractivity contribution >= 4 is 17.7 Å². The maximum Gasteiger partial charge on any atom is 0.322 e. The van der Waals surface area contributed by atoms with Crippen molar-refractivity contribution in [2.45, 2.75) is 44.3 Å². The third kappa shape index (κ3) is 6.46. The van der Waals surface area contributed by atoms with Crippen molar-refractivity contribution in [3.05, 3.63) is 109 Å². The second-order valence-corrected chi connectivity index (χ2v) is 10.6. The summed E-state index contributed by atoms with van der Waals surface area (Å²) in [6, 6.07) is 24.2. The summed E-state index contributed by atoms with van der Waals surface area (Å²) >= 11 is 0. The molecule has 3 aromatic heterocycles. The van der Waals surface area contributed by atoms with Gasteiger partial charge in [0.1, 0.15) is 0 Å². The van der Waals surface area contributed by atoms with Crippen molar-refractivity contribution in [1.82, 2.24) is 30.0 Å². The van der Waals surface area contributed by atoms with E-state index in [9.17, 15) is 4.79 Å². The first-order valence-corrected chi connectivity index (χ1v) is 14.3. The average molecular weight is 559 g/mol. The number of carbonyl (C=O) groups excluding carboxylic acids is 1. The Bertz CT molecular complexity index is 1600. The molecule has 2 aromatic carbocycles. The van der Waals surface area contributed by atoms with Crippen LogP contribution in [0.1, 0.15) is 31.2 Å². The van der Waals surface area contributed by atoms with E-state index in [0.717, 1.165) is 59.3 Å². The Morgan fingerprint density at radius 2 is 1.69 bits per heavy atom. The molecule has 2 N–H and O–H groups in total. The number of hydrogen-bond acceptors (Lipinski definition) is 6.